The Balaban J connectivity index is 1.95. The molecule has 0 radical (unpaired) electrons. The highest BCUT2D eigenvalue weighted by atomic mass is 19.4. The monoisotopic (exact) mass is 459 g/mol. The number of aromatic hydroxyl groups is 2. The number of aryl methyl sites for hydroxylation is 1. The van der Waals surface area contributed by atoms with Gasteiger partial charge in [-0.05, 0) is 41.8 Å². The third-order valence-corrected chi connectivity index (χ3v) is 5.28. The van der Waals surface area contributed by atoms with E-state index in [9.17, 15) is 28.2 Å². The first kappa shape index (κ1) is 22.2. The molecule has 0 aliphatic heterocycles. The maximum atomic E-state index is 12.9. The smallest absolute Gasteiger partial charge is 0.471 e. The van der Waals surface area contributed by atoms with E-state index in [0.717, 1.165) is 17.0 Å². The number of phenolic OH excluding ortho intramolecular Hbond substituents is 2. The molecule has 33 heavy (non-hydrogen) atoms. The second kappa shape index (κ2) is 7.84. The summed E-state index contributed by atoms with van der Waals surface area (Å²) in [6, 6.07) is 9.56. The van der Waals surface area contributed by atoms with Crippen LogP contribution in [0.5, 0.6) is 11.5 Å². The second-order valence-electron chi connectivity index (χ2n) is 7.89. The molecule has 0 aliphatic rings. The third kappa shape index (κ3) is 3.97. The van der Waals surface area contributed by atoms with Crippen LogP contribution in [0.25, 0.3) is 28.0 Å². The van der Waals surface area contributed by atoms with Crippen molar-refractivity contribution in [1.29, 1.82) is 0 Å². The lowest BCUT2D eigenvalue weighted by molar-refractivity contribution is -0.167. The van der Waals surface area contributed by atoms with Crippen molar-refractivity contribution >= 4 is 22.8 Å². The molecule has 0 aliphatic carbocycles. The molecule has 0 saturated carbocycles. The Morgan fingerprint density at radius 3 is 2.45 bits per heavy atom. The molecule has 3 N–H and O–H groups in total. The fraction of sp³-hybridized carbons (Fsp3) is 0.227. The Hall–Kier alpha value is -4.02. The number of fused-ring (bicyclic) bond motifs is 1. The quantitative estimate of drug-likeness (QED) is 0.418. The molecule has 11 heteroatoms. The molecule has 4 aromatic rings. The molecule has 0 spiro atoms. The Bertz CT molecular complexity index is 1370. The lowest BCUT2D eigenvalue weighted by Crippen LogP contribution is -2.31. The van der Waals surface area contributed by atoms with Gasteiger partial charge in [-0.2, -0.15) is 13.2 Å². The summed E-state index contributed by atoms with van der Waals surface area (Å²) in [5.74, 6) is -3.29. The van der Waals surface area contributed by atoms with Crippen LogP contribution < -0.4 is 5.32 Å². The van der Waals surface area contributed by atoms with Crippen molar-refractivity contribution in [2.45, 2.75) is 25.9 Å². The number of benzene rings is 2. The SMILES string of the molecule is CC(C)c1cc(-c2nnc(NC(=O)C(F)(F)F)n2-c2ccc3c(ccn3C)c2)c(O)cc1O. The number of amides is 1. The minimum absolute atomic E-state index is 0.0119. The highest BCUT2D eigenvalue weighted by Crippen LogP contribution is 2.39. The summed E-state index contributed by atoms with van der Waals surface area (Å²) < 4.78 is 41.8. The molecule has 0 saturated heterocycles. The van der Waals surface area contributed by atoms with E-state index in [0.29, 0.717) is 11.3 Å². The van der Waals surface area contributed by atoms with Gasteiger partial charge in [0.05, 0.1) is 11.3 Å². The van der Waals surface area contributed by atoms with Crippen LogP contribution in [-0.2, 0) is 11.8 Å². The molecule has 0 fully saturated rings. The van der Waals surface area contributed by atoms with Gasteiger partial charge in [-0.25, -0.2) is 0 Å². The summed E-state index contributed by atoms with van der Waals surface area (Å²) in [6.45, 7) is 3.66. The Labute approximate surface area is 185 Å². The Morgan fingerprint density at radius 1 is 1.06 bits per heavy atom. The van der Waals surface area contributed by atoms with Gasteiger partial charge >= 0.3 is 12.1 Å². The van der Waals surface area contributed by atoms with Gasteiger partial charge < -0.3 is 14.8 Å². The van der Waals surface area contributed by atoms with Gasteiger partial charge in [-0.3, -0.25) is 14.7 Å². The van der Waals surface area contributed by atoms with Crippen molar-refractivity contribution in [2.75, 3.05) is 5.32 Å². The van der Waals surface area contributed by atoms with Gasteiger partial charge in [0.1, 0.15) is 11.5 Å². The fourth-order valence-electron chi connectivity index (χ4n) is 3.60. The second-order valence-corrected chi connectivity index (χ2v) is 7.89. The van der Waals surface area contributed by atoms with E-state index < -0.39 is 18.0 Å². The number of halogens is 3. The van der Waals surface area contributed by atoms with Crippen molar-refractivity contribution in [1.82, 2.24) is 19.3 Å². The van der Waals surface area contributed by atoms with Crippen LogP contribution in [0.2, 0.25) is 0 Å². The number of carbonyl (C=O) groups excluding carboxylic acids is 1. The molecular weight excluding hydrogens is 439 g/mol. The summed E-state index contributed by atoms with van der Waals surface area (Å²) in [5, 5.41) is 30.9. The van der Waals surface area contributed by atoms with E-state index in [1.807, 2.05) is 37.7 Å². The normalized spacial score (nSPS) is 12.0. The number of nitrogens with one attached hydrogen (secondary N) is 1. The van der Waals surface area contributed by atoms with E-state index in [1.54, 1.807) is 23.5 Å². The topological polar surface area (TPSA) is 105 Å². The number of anilines is 1. The molecule has 4 rings (SSSR count). The van der Waals surface area contributed by atoms with Gasteiger partial charge in [0.15, 0.2) is 5.82 Å². The maximum absolute atomic E-state index is 12.9. The zero-order chi connectivity index (χ0) is 24.1. The van der Waals surface area contributed by atoms with Crippen molar-refractivity contribution in [3.8, 4) is 28.6 Å². The molecule has 172 valence electrons. The number of hydrogen-bond donors (Lipinski definition) is 3. The summed E-state index contributed by atoms with van der Waals surface area (Å²) >= 11 is 0. The Kier molecular flexibility index (Phi) is 5.27. The summed E-state index contributed by atoms with van der Waals surface area (Å²) in [6.07, 6.45) is -3.31. The average molecular weight is 459 g/mol. The maximum Gasteiger partial charge on any atom is 0.471 e. The summed E-state index contributed by atoms with van der Waals surface area (Å²) in [7, 11) is 1.85. The van der Waals surface area contributed by atoms with Gasteiger partial charge in [-0.1, -0.05) is 13.8 Å². The average Bonchev–Trinajstić information content (AvgIpc) is 3.30. The van der Waals surface area contributed by atoms with E-state index >= 15 is 0 Å². The lowest BCUT2D eigenvalue weighted by atomic mass is 9.98. The third-order valence-electron chi connectivity index (χ3n) is 5.28. The van der Waals surface area contributed by atoms with E-state index in [-0.39, 0.29) is 28.8 Å². The van der Waals surface area contributed by atoms with E-state index in [2.05, 4.69) is 10.2 Å². The first-order valence-electron chi connectivity index (χ1n) is 9.92. The van der Waals surface area contributed by atoms with Crippen molar-refractivity contribution < 1.29 is 28.2 Å². The number of phenols is 2. The number of rotatable bonds is 4. The van der Waals surface area contributed by atoms with Gasteiger partial charge in [-0.15, -0.1) is 10.2 Å². The summed E-state index contributed by atoms with van der Waals surface area (Å²) in [5.41, 5.74) is 1.87. The standard InChI is InChI=1S/C22H20F3N5O3/c1-11(2)14-9-15(18(32)10-17(14)31)19-27-28-21(26-20(33)22(23,24)25)30(19)13-4-5-16-12(8-13)6-7-29(16)3/h4-11,31-32H,1-3H3,(H,26,28,33). The largest absolute Gasteiger partial charge is 0.508 e. The predicted octanol–water partition coefficient (Wildman–Crippen LogP) is 4.46. The van der Waals surface area contributed by atoms with Crippen LogP contribution in [0.3, 0.4) is 0 Å². The molecule has 2 aromatic heterocycles. The molecular formula is C22H20F3N5O3. The minimum atomic E-state index is -5.13. The molecule has 0 bridgehead atoms. The molecule has 1 amide bonds. The molecule has 0 unspecified atom stereocenters. The van der Waals surface area contributed by atoms with Crippen LogP contribution >= 0.6 is 0 Å². The zero-order valence-electron chi connectivity index (χ0n) is 17.8. The van der Waals surface area contributed by atoms with Gasteiger partial charge in [0, 0.05) is 30.2 Å². The molecule has 8 nitrogen and oxygen atoms in total. The highest BCUT2D eigenvalue weighted by molar-refractivity contribution is 5.94. The Morgan fingerprint density at radius 2 is 1.79 bits per heavy atom. The van der Waals surface area contributed by atoms with Crippen LogP contribution in [0.4, 0.5) is 19.1 Å². The van der Waals surface area contributed by atoms with E-state index in [4.69, 9.17) is 0 Å². The van der Waals surface area contributed by atoms with Crippen LogP contribution in [-0.4, -0.2) is 41.6 Å². The van der Waals surface area contributed by atoms with Crippen molar-refractivity contribution in [2.24, 2.45) is 7.05 Å². The van der Waals surface area contributed by atoms with Crippen molar-refractivity contribution in [3.05, 3.63) is 48.2 Å². The first-order valence-corrected chi connectivity index (χ1v) is 9.92. The number of hydrogen-bond acceptors (Lipinski definition) is 5. The van der Waals surface area contributed by atoms with Crippen molar-refractivity contribution in [3.63, 3.8) is 0 Å². The summed E-state index contributed by atoms with van der Waals surface area (Å²) in [4.78, 5) is 11.6. The number of aromatic nitrogens is 4. The number of alkyl halides is 3. The minimum Gasteiger partial charge on any atom is -0.508 e. The zero-order valence-corrected chi connectivity index (χ0v) is 17.8. The molecule has 2 aromatic carbocycles. The fourth-order valence-corrected chi connectivity index (χ4v) is 3.60. The van der Waals surface area contributed by atoms with Crippen LogP contribution in [0.15, 0.2) is 42.6 Å². The molecule has 2 heterocycles. The first-order chi connectivity index (χ1) is 15.5. The number of nitrogens with zero attached hydrogens (tertiary/aromatic N) is 4. The predicted molar refractivity (Wildman–Crippen MR) is 115 cm³/mol. The van der Waals surface area contributed by atoms with Crippen LogP contribution in [0.1, 0.15) is 25.3 Å². The van der Waals surface area contributed by atoms with Gasteiger partial charge in [0.2, 0.25) is 5.95 Å². The lowest BCUT2D eigenvalue weighted by Gasteiger charge is -2.15. The van der Waals surface area contributed by atoms with Gasteiger partial charge in [0.25, 0.3) is 0 Å². The molecule has 0 atom stereocenters. The van der Waals surface area contributed by atoms with Crippen LogP contribution in [0, 0.1) is 0 Å². The number of carbonyl (C=O) groups is 1. The highest BCUT2D eigenvalue weighted by Gasteiger charge is 2.40. The van der Waals surface area contributed by atoms with E-state index in [1.165, 1.54) is 10.6 Å².